The zero-order valence-electron chi connectivity index (χ0n) is 21.7. The molecule has 1 saturated heterocycles. The second kappa shape index (κ2) is 9.11. The Morgan fingerprint density at radius 1 is 1.21 bits per heavy atom. The first-order valence-corrected chi connectivity index (χ1v) is 13.5. The number of likely N-dealkylation sites (tertiary alicyclic amines) is 1. The summed E-state index contributed by atoms with van der Waals surface area (Å²) >= 11 is 6.20. The van der Waals surface area contributed by atoms with Gasteiger partial charge in [-0.1, -0.05) is 11.6 Å². The van der Waals surface area contributed by atoms with Crippen LogP contribution in [-0.4, -0.2) is 57.3 Å². The SMILES string of the molecule is Cn1c(C2CC(C)(O)C2)nc2cc(OCCN3CCC4(CC3)C(=O)Nc3ccc(Cl)cc34)cc(C(F)(F)F)c21. The summed E-state index contributed by atoms with van der Waals surface area (Å²) in [5.41, 5.74) is -0.208. The monoisotopic (exact) mass is 562 g/mol. The van der Waals surface area contributed by atoms with Gasteiger partial charge in [-0.3, -0.25) is 9.69 Å². The van der Waals surface area contributed by atoms with Crippen molar-refractivity contribution in [2.45, 2.75) is 55.7 Å². The van der Waals surface area contributed by atoms with E-state index in [0.717, 1.165) is 17.3 Å². The van der Waals surface area contributed by atoms with Gasteiger partial charge >= 0.3 is 6.18 Å². The normalized spacial score (nSPS) is 24.6. The molecule has 3 aliphatic rings. The smallest absolute Gasteiger partial charge is 0.418 e. The number of nitrogens with one attached hydrogen (secondary N) is 1. The van der Waals surface area contributed by atoms with Gasteiger partial charge in [0.05, 0.1) is 27.6 Å². The number of fused-ring (bicyclic) bond motifs is 3. The third-order valence-corrected chi connectivity index (χ3v) is 8.82. The Labute approximate surface area is 228 Å². The number of aliphatic hydroxyl groups is 1. The predicted molar refractivity (Wildman–Crippen MR) is 141 cm³/mol. The van der Waals surface area contributed by atoms with Gasteiger partial charge in [-0.15, -0.1) is 0 Å². The molecule has 6 rings (SSSR count). The molecule has 11 heteroatoms. The fraction of sp³-hybridized carbons (Fsp3) is 0.500. The number of hydrogen-bond donors (Lipinski definition) is 2. The average molecular weight is 563 g/mol. The summed E-state index contributed by atoms with van der Waals surface area (Å²) < 4.78 is 49.4. The summed E-state index contributed by atoms with van der Waals surface area (Å²) in [5.74, 6) is 0.562. The number of carbonyl (C=O) groups is 1. The molecule has 1 aromatic heterocycles. The van der Waals surface area contributed by atoms with Crippen LogP contribution in [0.3, 0.4) is 0 Å². The van der Waals surface area contributed by atoms with Crippen LogP contribution in [-0.2, 0) is 23.4 Å². The third-order valence-electron chi connectivity index (χ3n) is 8.59. The molecule has 39 heavy (non-hydrogen) atoms. The van der Waals surface area contributed by atoms with Gasteiger partial charge in [0.15, 0.2) is 0 Å². The molecule has 3 aromatic rings. The van der Waals surface area contributed by atoms with Crippen LogP contribution < -0.4 is 10.1 Å². The van der Waals surface area contributed by atoms with E-state index < -0.39 is 22.8 Å². The lowest BCUT2D eigenvalue weighted by atomic mass is 9.72. The van der Waals surface area contributed by atoms with Crippen molar-refractivity contribution in [3.05, 3.63) is 52.3 Å². The zero-order chi connectivity index (χ0) is 27.7. The summed E-state index contributed by atoms with van der Waals surface area (Å²) in [6.07, 6.45) is -2.39. The number of ether oxygens (including phenoxy) is 1. The number of nitrogens with zero attached hydrogens (tertiary/aromatic N) is 3. The van der Waals surface area contributed by atoms with E-state index >= 15 is 0 Å². The van der Waals surface area contributed by atoms with Gasteiger partial charge in [-0.25, -0.2) is 4.98 Å². The molecule has 0 radical (unpaired) electrons. The Kier molecular flexibility index (Phi) is 6.17. The van der Waals surface area contributed by atoms with Crippen molar-refractivity contribution in [2.24, 2.45) is 7.05 Å². The summed E-state index contributed by atoms with van der Waals surface area (Å²) in [5, 5.41) is 13.7. The molecule has 3 heterocycles. The average Bonchev–Trinajstić information content (AvgIpc) is 3.31. The highest BCUT2D eigenvalue weighted by Crippen LogP contribution is 2.47. The summed E-state index contributed by atoms with van der Waals surface area (Å²) in [7, 11) is 1.59. The van der Waals surface area contributed by atoms with E-state index in [2.05, 4.69) is 15.2 Å². The van der Waals surface area contributed by atoms with Crippen molar-refractivity contribution >= 4 is 34.2 Å². The minimum atomic E-state index is -4.57. The number of aryl methyl sites for hydroxylation is 1. The van der Waals surface area contributed by atoms with Gasteiger partial charge in [-0.05, 0) is 75.5 Å². The van der Waals surface area contributed by atoms with Crippen LogP contribution in [0.25, 0.3) is 11.0 Å². The number of aromatic nitrogens is 2. The standard InChI is InChI=1S/C28H30ClF3N4O3/c1-26(38)14-16(15-26)24-33-22-13-18(12-20(28(30,31)32)23(22)35(24)2)39-10-9-36-7-5-27(6-8-36)19-11-17(29)3-4-21(19)34-25(27)37/h3-4,11-13,16,38H,5-10,14-15H2,1-2H3,(H,34,37). The first kappa shape index (κ1) is 26.4. The number of imidazole rings is 1. The van der Waals surface area contributed by atoms with Gasteiger partial charge in [0.1, 0.15) is 18.2 Å². The molecule has 2 N–H and O–H groups in total. The van der Waals surface area contributed by atoms with Crippen molar-refractivity contribution in [1.82, 2.24) is 14.5 Å². The molecule has 2 aliphatic heterocycles. The third kappa shape index (κ3) is 4.56. The fourth-order valence-corrected chi connectivity index (χ4v) is 6.70. The minimum Gasteiger partial charge on any atom is -0.492 e. The molecule has 2 fully saturated rings. The molecule has 2 aromatic carbocycles. The summed E-state index contributed by atoms with van der Waals surface area (Å²) in [6, 6.07) is 8.05. The highest BCUT2D eigenvalue weighted by Gasteiger charge is 2.48. The number of benzene rings is 2. The van der Waals surface area contributed by atoms with Crippen molar-refractivity contribution in [3.63, 3.8) is 0 Å². The van der Waals surface area contributed by atoms with E-state index in [1.54, 1.807) is 26.1 Å². The lowest BCUT2D eigenvalue weighted by Gasteiger charge is -2.40. The first-order chi connectivity index (χ1) is 18.4. The van der Waals surface area contributed by atoms with Crippen LogP contribution in [0.4, 0.5) is 18.9 Å². The maximum absolute atomic E-state index is 14.0. The Hall–Kier alpha value is -2.82. The number of anilines is 1. The Morgan fingerprint density at radius 3 is 2.59 bits per heavy atom. The first-order valence-electron chi connectivity index (χ1n) is 13.1. The summed E-state index contributed by atoms with van der Waals surface area (Å²) in [6.45, 7) is 3.76. The molecule has 1 spiro atoms. The largest absolute Gasteiger partial charge is 0.492 e. The second-order valence-corrected chi connectivity index (χ2v) is 11.8. The Bertz CT molecular complexity index is 1450. The van der Waals surface area contributed by atoms with Gasteiger partial charge in [0.25, 0.3) is 0 Å². The number of piperidine rings is 1. The Balaban J connectivity index is 1.14. The molecule has 7 nitrogen and oxygen atoms in total. The lowest BCUT2D eigenvalue weighted by Crippen LogP contribution is -2.47. The second-order valence-electron chi connectivity index (χ2n) is 11.4. The highest BCUT2D eigenvalue weighted by molar-refractivity contribution is 6.31. The number of rotatable bonds is 5. The van der Waals surface area contributed by atoms with Gasteiger partial charge < -0.3 is 19.7 Å². The number of amides is 1. The number of halogens is 4. The Morgan fingerprint density at radius 2 is 1.92 bits per heavy atom. The van der Waals surface area contributed by atoms with Crippen LogP contribution in [0.15, 0.2) is 30.3 Å². The molecule has 0 bridgehead atoms. The van der Waals surface area contributed by atoms with E-state index in [1.165, 1.54) is 4.57 Å². The van der Waals surface area contributed by atoms with Crippen molar-refractivity contribution < 1.29 is 27.8 Å². The lowest BCUT2D eigenvalue weighted by molar-refractivity contribution is -0.136. The van der Waals surface area contributed by atoms with Gasteiger partial charge in [-0.2, -0.15) is 13.2 Å². The molecule has 1 amide bonds. The molecule has 208 valence electrons. The van der Waals surface area contributed by atoms with Crippen LogP contribution in [0.1, 0.15) is 55.5 Å². The highest BCUT2D eigenvalue weighted by atomic mass is 35.5. The molecule has 1 aliphatic carbocycles. The van der Waals surface area contributed by atoms with Crippen molar-refractivity contribution in [1.29, 1.82) is 0 Å². The number of alkyl halides is 3. The van der Waals surface area contributed by atoms with E-state index in [9.17, 15) is 23.1 Å². The van der Waals surface area contributed by atoms with Gasteiger partial charge in [0, 0.05) is 36.3 Å². The maximum Gasteiger partial charge on any atom is 0.418 e. The minimum absolute atomic E-state index is 0.0103. The van der Waals surface area contributed by atoms with E-state index in [0.29, 0.717) is 56.2 Å². The summed E-state index contributed by atoms with van der Waals surface area (Å²) in [4.78, 5) is 19.5. The molecule has 0 atom stereocenters. The van der Waals surface area contributed by atoms with E-state index in [4.69, 9.17) is 16.3 Å². The molecular formula is C28H30ClF3N4O3. The maximum atomic E-state index is 14.0. The van der Waals surface area contributed by atoms with Crippen LogP contribution in [0.2, 0.25) is 5.02 Å². The predicted octanol–water partition coefficient (Wildman–Crippen LogP) is 5.24. The topological polar surface area (TPSA) is 79.6 Å². The van der Waals surface area contributed by atoms with Crippen LogP contribution >= 0.6 is 11.6 Å². The molecular weight excluding hydrogens is 533 g/mol. The van der Waals surface area contributed by atoms with Crippen LogP contribution in [0, 0.1) is 0 Å². The molecule has 0 unspecified atom stereocenters. The van der Waals surface area contributed by atoms with Crippen molar-refractivity contribution in [2.75, 3.05) is 31.6 Å². The molecule has 1 saturated carbocycles. The fourth-order valence-electron chi connectivity index (χ4n) is 6.53. The van der Waals surface area contributed by atoms with Crippen LogP contribution in [0.5, 0.6) is 5.75 Å². The van der Waals surface area contributed by atoms with E-state index in [1.807, 2.05) is 12.1 Å². The van der Waals surface area contributed by atoms with Gasteiger partial charge in [0.2, 0.25) is 5.91 Å². The number of hydrogen-bond acceptors (Lipinski definition) is 5. The van der Waals surface area contributed by atoms with Crippen molar-refractivity contribution in [3.8, 4) is 5.75 Å². The quantitative estimate of drug-likeness (QED) is 0.445. The van der Waals surface area contributed by atoms with E-state index in [-0.39, 0.29) is 35.2 Å². The zero-order valence-corrected chi connectivity index (χ0v) is 22.5. The number of carbonyl (C=O) groups excluding carboxylic acids is 1.